The third kappa shape index (κ3) is 3.22. The van der Waals surface area contributed by atoms with Crippen molar-refractivity contribution in [3.8, 4) is 0 Å². The standard InChI is InChI=1S/C10H17N3O/c1-3-12-10(14)8(2)13-7-9-4-5-11-6-9/h4-6,8,11,13H,3,7H2,1-2H3,(H,12,14). The van der Waals surface area contributed by atoms with Gasteiger partial charge < -0.3 is 15.6 Å². The topological polar surface area (TPSA) is 56.9 Å². The molecule has 3 N–H and O–H groups in total. The third-order valence-corrected chi connectivity index (χ3v) is 2.02. The number of rotatable bonds is 5. The third-order valence-electron chi connectivity index (χ3n) is 2.02. The lowest BCUT2D eigenvalue weighted by atomic mass is 10.2. The van der Waals surface area contributed by atoms with Crippen LogP contribution in [0.1, 0.15) is 19.4 Å². The quantitative estimate of drug-likeness (QED) is 0.645. The number of amides is 1. The van der Waals surface area contributed by atoms with Gasteiger partial charge in [-0.1, -0.05) is 0 Å². The zero-order chi connectivity index (χ0) is 10.4. The fraction of sp³-hybridized carbons (Fsp3) is 0.500. The summed E-state index contributed by atoms with van der Waals surface area (Å²) in [6.45, 7) is 5.16. The molecule has 0 aliphatic rings. The largest absolute Gasteiger partial charge is 0.367 e. The van der Waals surface area contributed by atoms with Crippen molar-refractivity contribution in [1.82, 2.24) is 15.6 Å². The maximum atomic E-state index is 11.3. The van der Waals surface area contributed by atoms with E-state index < -0.39 is 0 Å². The Labute approximate surface area is 84.1 Å². The van der Waals surface area contributed by atoms with Gasteiger partial charge in [-0.15, -0.1) is 0 Å². The molecule has 0 saturated heterocycles. The Hall–Kier alpha value is -1.29. The Kier molecular flexibility index (Phi) is 4.19. The lowest BCUT2D eigenvalue weighted by molar-refractivity contribution is -0.122. The molecule has 1 amide bonds. The number of H-pyrrole nitrogens is 1. The minimum absolute atomic E-state index is 0.0445. The summed E-state index contributed by atoms with van der Waals surface area (Å²) in [5.74, 6) is 0.0445. The average Bonchev–Trinajstić information content (AvgIpc) is 2.67. The summed E-state index contributed by atoms with van der Waals surface area (Å²) in [6.07, 6.45) is 3.78. The molecule has 1 heterocycles. The van der Waals surface area contributed by atoms with Crippen molar-refractivity contribution in [3.63, 3.8) is 0 Å². The van der Waals surface area contributed by atoms with E-state index in [-0.39, 0.29) is 11.9 Å². The van der Waals surface area contributed by atoms with E-state index in [2.05, 4.69) is 15.6 Å². The number of hydrogen-bond acceptors (Lipinski definition) is 2. The van der Waals surface area contributed by atoms with Crippen LogP contribution < -0.4 is 10.6 Å². The Morgan fingerprint density at radius 2 is 2.43 bits per heavy atom. The van der Waals surface area contributed by atoms with Crippen LogP contribution in [0.3, 0.4) is 0 Å². The second-order valence-corrected chi connectivity index (χ2v) is 3.22. The van der Waals surface area contributed by atoms with Crippen molar-refractivity contribution in [3.05, 3.63) is 24.0 Å². The van der Waals surface area contributed by atoms with Gasteiger partial charge in [-0.3, -0.25) is 4.79 Å². The Bertz CT molecular complexity index is 269. The van der Waals surface area contributed by atoms with Crippen molar-refractivity contribution in [1.29, 1.82) is 0 Å². The van der Waals surface area contributed by atoms with Crippen molar-refractivity contribution < 1.29 is 4.79 Å². The van der Waals surface area contributed by atoms with E-state index in [9.17, 15) is 4.79 Å². The van der Waals surface area contributed by atoms with Gasteiger partial charge in [0.05, 0.1) is 6.04 Å². The highest BCUT2D eigenvalue weighted by atomic mass is 16.2. The minimum atomic E-state index is -0.148. The number of carbonyl (C=O) groups is 1. The lowest BCUT2D eigenvalue weighted by Crippen LogP contribution is -2.41. The molecule has 0 aromatic carbocycles. The van der Waals surface area contributed by atoms with E-state index in [0.717, 1.165) is 5.56 Å². The predicted molar refractivity (Wildman–Crippen MR) is 55.8 cm³/mol. The first-order valence-electron chi connectivity index (χ1n) is 4.86. The van der Waals surface area contributed by atoms with Crippen LogP contribution in [-0.2, 0) is 11.3 Å². The second kappa shape index (κ2) is 5.44. The van der Waals surface area contributed by atoms with Crippen molar-refractivity contribution in [2.75, 3.05) is 6.54 Å². The van der Waals surface area contributed by atoms with E-state index >= 15 is 0 Å². The summed E-state index contributed by atoms with van der Waals surface area (Å²) in [4.78, 5) is 14.3. The van der Waals surface area contributed by atoms with Crippen LogP contribution >= 0.6 is 0 Å². The van der Waals surface area contributed by atoms with Crippen LogP contribution in [0, 0.1) is 0 Å². The summed E-state index contributed by atoms with van der Waals surface area (Å²) in [6, 6.07) is 1.84. The van der Waals surface area contributed by atoms with E-state index in [1.807, 2.05) is 32.3 Å². The van der Waals surface area contributed by atoms with Crippen molar-refractivity contribution in [2.24, 2.45) is 0 Å². The molecule has 14 heavy (non-hydrogen) atoms. The molecule has 1 unspecified atom stereocenters. The molecule has 78 valence electrons. The van der Waals surface area contributed by atoms with Gasteiger partial charge in [0.2, 0.25) is 5.91 Å². The van der Waals surface area contributed by atoms with E-state index in [1.54, 1.807) is 0 Å². The summed E-state index contributed by atoms with van der Waals surface area (Å²) >= 11 is 0. The molecule has 4 nitrogen and oxygen atoms in total. The van der Waals surface area contributed by atoms with Crippen LogP contribution in [0.4, 0.5) is 0 Å². The maximum absolute atomic E-state index is 11.3. The van der Waals surface area contributed by atoms with Gasteiger partial charge >= 0.3 is 0 Å². The zero-order valence-electron chi connectivity index (χ0n) is 8.63. The van der Waals surface area contributed by atoms with Gasteiger partial charge in [0.25, 0.3) is 0 Å². The molecule has 0 spiro atoms. The van der Waals surface area contributed by atoms with Gasteiger partial charge in [-0.25, -0.2) is 0 Å². The van der Waals surface area contributed by atoms with Gasteiger partial charge in [0.1, 0.15) is 0 Å². The highest BCUT2D eigenvalue weighted by molar-refractivity contribution is 5.81. The van der Waals surface area contributed by atoms with Crippen LogP contribution in [0.15, 0.2) is 18.5 Å². The first-order chi connectivity index (χ1) is 6.74. The minimum Gasteiger partial charge on any atom is -0.367 e. The number of aromatic nitrogens is 1. The molecule has 0 fully saturated rings. The Balaban J connectivity index is 2.27. The molecule has 1 aromatic rings. The molecular formula is C10H17N3O. The first-order valence-corrected chi connectivity index (χ1v) is 4.86. The smallest absolute Gasteiger partial charge is 0.236 e. The molecule has 0 radical (unpaired) electrons. The molecule has 4 heteroatoms. The molecule has 1 rings (SSSR count). The van der Waals surface area contributed by atoms with Crippen LogP contribution in [0.25, 0.3) is 0 Å². The molecular weight excluding hydrogens is 178 g/mol. The van der Waals surface area contributed by atoms with Gasteiger partial charge in [0.15, 0.2) is 0 Å². The zero-order valence-corrected chi connectivity index (χ0v) is 8.63. The normalized spacial score (nSPS) is 12.4. The van der Waals surface area contributed by atoms with Crippen LogP contribution in [0.2, 0.25) is 0 Å². The van der Waals surface area contributed by atoms with Crippen LogP contribution in [0.5, 0.6) is 0 Å². The number of likely N-dealkylation sites (N-methyl/N-ethyl adjacent to an activating group) is 1. The lowest BCUT2D eigenvalue weighted by Gasteiger charge is -2.12. The van der Waals surface area contributed by atoms with Gasteiger partial charge in [-0.05, 0) is 25.5 Å². The monoisotopic (exact) mass is 195 g/mol. The highest BCUT2D eigenvalue weighted by Crippen LogP contribution is 1.96. The molecule has 0 saturated carbocycles. The summed E-state index contributed by atoms with van der Waals surface area (Å²) in [5, 5.41) is 5.90. The van der Waals surface area contributed by atoms with Gasteiger partial charge in [0, 0.05) is 25.5 Å². The molecule has 0 aliphatic carbocycles. The fourth-order valence-corrected chi connectivity index (χ4v) is 1.16. The van der Waals surface area contributed by atoms with Crippen LogP contribution in [-0.4, -0.2) is 23.5 Å². The Morgan fingerprint density at radius 3 is 3.00 bits per heavy atom. The van der Waals surface area contributed by atoms with E-state index in [1.165, 1.54) is 0 Å². The van der Waals surface area contributed by atoms with E-state index in [4.69, 9.17) is 0 Å². The van der Waals surface area contributed by atoms with E-state index in [0.29, 0.717) is 13.1 Å². The molecule has 0 aliphatic heterocycles. The molecule has 1 atom stereocenters. The predicted octanol–water partition coefficient (Wildman–Crippen LogP) is 0.629. The van der Waals surface area contributed by atoms with Crippen molar-refractivity contribution >= 4 is 5.91 Å². The molecule has 1 aromatic heterocycles. The first kappa shape index (κ1) is 10.8. The second-order valence-electron chi connectivity index (χ2n) is 3.22. The summed E-state index contributed by atoms with van der Waals surface area (Å²) in [5.41, 5.74) is 1.15. The number of aromatic amines is 1. The maximum Gasteiger partial charge on any atom is 0.236 e. The van der Waals surface area contributed by atoms with Crippen molar-refractivity contribution in [2.45, 2.75) is 26.4 Å². The SMILES string of the molecule is CCNC(=O)C(C)NCc1cc[nH]c1. The fourth-order valence-electron chi connectivity index (χ4n) is 1.16. The molecule has 0 bridgehead atoms. The average molecular weight is 195 g/mol. The Morgan fingerprint density at radius 1 is 1.64 bits per heavy atom. The number of nitrogens with one attached hydrogen (secondary N) is 3. The number of hydrogen-bond donors (Lipinski definition) is 3. The van der Waals surface area contributed by atoms with Gasteiger partial charge in [-0.2, -0.15) is 0 Å². The summed E-state index contributed by atoms with van der Waals surface area (Å²) in [7, 11) is 0. The number of carbonyl (C=O) groups excluding carboxylic acids is 1. The highest BCUT2D eigenvalue weighted by Gasteiger charge is 2.10. The summed E-state index contributed by atoms with van der Waals surface area (Å²) < 4.78 is 0.